The van der Waals surface area contributed by atoms with Gasteiger partial charge in [-0.3, -0.25) is 9.69 Å². The van der Waals surface area contributed by atoms with E-state index in [1.54, 1.807) is 12.4 Å². The number of carbonyl (C=O) groups is 1. The van der Waals surface area contributed by atoms with Gasteiger partial charge in [-0.2, -0.15) is 0 Å². The molecule has 4 rings (SSSR count). The van der Waals surface area contributed by atoms with Gasteiger partial charge in [-0.15, -0.1) is 0 Å². The summed E-state index contributed by atoms with van der Waals surface area (Å²) in [7, 11) is 0. The van der Waals surface area contributed by atoms with E-state index in [2.05, 4.69) is 50.2 Å². The molecule has 1 aromatic heterocycles. The molecule has 28 heavy (non-hydrogen) atoms. The summed E-state index contributed by atoms with van der Waals surface area (Å²) >= 11 is 0. The number of fused-ring (bicyclic) bond motifs is 1. The van der Waals surface area contributed by atoms with Gasteiger partial charge in [0.05, 0.1) is 12.6 Å². The molecule has 2 aliphatic rings. The average Bonchev–Trinajstić information content (AvgIpc) is 2.74. The highest BCUT2D eigenvalue weighted by Crippen LogP contribution is 2.24. The van der Waals surface area contributed by atoms with Gasteiger partial charge in [0.1, 0.15) is 0 Å². The lowest BCUT2D eigenvalue weighted by Crippen LogP contribution is -2.50. The number of benzene rings is 1. The Balaban J connectivity index is 1.27. The van der Waals surface area contributed by atoms with Crippen LogP contribution < -0.4 is 10.2 Å². The van der Waals surface area contributed by atoms with Gasteiger partial charge in [-0.05, 0) is 55.4 Å². The van der Waals surface area contributed by atoms with E-state index in [9.17, 15) is 4.79 Å². The third kappa shape index (κ3) is 4.50. The molecule has 1 N–H and O–H groups in total. The maximum Gasteiger partial charge on any atom is 0.234 e. The van der Waals surface area contributed by atoms with Crippen LogP contribution in [-0.2, 0) is 17.6 Å². The molecule has 6 heteroatoms. The van der Waals surface area contributed by atoms with Crippen LogP contribution in [0.1, 0.15) is 42.5 Å². The molecule has 1 aliphatic heterocycles. The minimum atomic E-state index is 0.0405. The van der Waals surface area contributed by atoms with Crippen molar-refractivity contribution in [3.8, 4) is 0 Å². The predicted molar refractivity (Wildman–Crippen MR) is 110 cm³/mol. The number of hydrogen-bond acceptors (Lipinski definition) is 5. The van der Waals surface area contributed by atoms with Crippen molar-refractivity contribution in [1.82, 2.24) is 20.2 Å². The number of nitrogens with zero attached hydrogens (tertiary/aromatic N) is 4. The monoisotopic (exact) mass is 379 g/mol. The van der Waals surface area contributed by atoms with E-state index in [0.29, 0.717) is 6.54 Å². The second kappa shape index (κ2) is 8.69. The predicted octanol–water partition coefficient (Wildman–Crippen LogP) is 2.35. The van der Waals surface area contributed by atoms with E-state index in [0.717, 1.165) is 32.1 Å². The molecule has 1 aliphatic carbocycles. The zero-order valence-corrected chi connectivity index (χ0v) is 16.6. The first-order valence-electron chi connectivity index (χ1n) is 10.3. The number of piperazine rings is 1. The van der Waals surface area contributed by atoms with Crippen molar-refractivity contribution in [2.45, 2.75) is 38.6 Å². The molecule has 1 unspecified atom stereocenters. The van der Waals surface area contributed by atoms with Gasteiger partial charge in [0, 0.05) is 38.6 Å². The van der Waals surface area contributed by atoms with Crippen molar-refractivity contribution in [2.75, 3.05) is 37.6 Å². The van der Waals surface area contributed by atoms with Crippen LogP contribution in [0.15, 0.2) is 36.7 Å². The van der Waals surface area contributed by atoms with E-state index in [-0.39, 0.29) is 11.9 Å². The van der Waals surface area contributed by atoms with Crippen LogP contribution in [-0.4, -0.2) is 53.5 Å². The van der Waals surface area contributed by atoms with E-state index in [1.165, 1.54) is 42.4 Å². The number of aryl methyl sites for hydroxylation is 2. The molecule has 2 aromatic rings. The highest BCUT2D eigenvalue weighted by molar-refractivity contribution is 5.78. The van der Waals surface area contributed by atoms with Gasteiger partial charge in [-0.25, -0.2) is 9.97 Å². The molecular weight excluding hydrogens is 350 g/mol. The fraction of sp³-hybridized carbons (Fsp3) is 0.500. The van der Waals surface area contributed by atoms with E-state index >= 15 is 0 Å². The van der Waals surface area contributed by atoms with Gasteiger partial charge < -0.3 is 10.2 Å². The molecule has 0 saturated carbocycles. The Bertz CT molecular complexity index is 802. The molecule has 0 spiro atoms. The Labute approximate surface area is 167 Å². The maximum absolute atomic E-state index is 12.5. The SMILES string of the molecule is CC(NC(=O)CN1CCN(c2ncccn2)CC1)c1ccc2c(c1)CCCC2. The molecule has 0 bridgehead atoms. The molecular formula is C22H29N5O. The van der Waals surface area contributed by atoms with Crippen molar-refractivity contribution >= 4 is 11.9 Å². The molecule has 1 saturated heterocycles. The summed E-state index contributed by atoms with van der Waals surface area (Å²) in [6, 6.07) is 8.58. The minimum absolute atomic E-state index is 0.0405. The summed E-state index contributed by atoms with van der Waals surface area (Å²) in [5.74, 6) is 0.863. The van der Waals surface area contributed by atoms with Crippen molar-refractivity contribution in [3.63, 3.8) is 0 Å². The van der Waals surface area contributed by atoms with Gasteiger partial charge in [-0.1, -0.05) is 18.2 Å². The Morgan fingerprint density at radius 2 is 1.79 bits per heavy atom. The third-order valence-electron chi connectivity index (χ3n) is 5.82. The molecule has 1 amide bonds. The first-order valence-corrected chi connectivity index (χ1v) is 10.3. The highest BCUT2D eigenvalue weighted by atomic mass is 16.2. The summed E-state index contributed by atoms with van der Waals surface area (Å²) in [6.45, 7) is 5.90. The normalized spacial score (nSPS) is 18.4. The second-order valence-corrected chi connectivity index (χ2v) is 7.84. The number of anilines is 1. The molecule has 6 nitrogen and oxygen atoms in total. The van der Waals surface area contributed by atoms with E-state index < -0.39 is 0 Å². The smallest absolute Gasteiger partial charge is 0.234 e. The number of amides is 1. The van der Waals surface area contributed by atoms with Crippen molar-refractivity contribution in [3.05, 3.63) is 53.3 Å². The topological polar surface area (TPSA) is 61.4 Å². The Morgan fingerprint density at radius 1 is 1.07 bits per heavy atom. The van der Waals surface area contributed by atoms with Crippen LogP contribution in [0.4, 0.5) is 5.95 Å². The molecule has 148 valence electrons. The first-order chi connectivity index (χ1) is 13.7. The summed E-state index contributed by atoms with van der Waals surface area (Å²) in [5.41, 5.74) is 4.15. The van der Waals surface area contributed by atoms with Crippen LogP contribution in [0.2, 0.25) is 0 Å². The second-order valence-electron chi connectivity index (χ2n) is 7.84. The Morgan fingerprint density at radius 3 is 2.54 bits per heavy atom. The maximum atomic E-state index is 12.5. The number of nitrogens with one attached hydrogen (secondary N) is 1. The molecule has 2 heterocycles. The average molecular weight is 380 g/mol. The van der Waals surface area contributed by atoms with E-state index in [1.807, 2.05) is 6.07 Å². The van der Waals surface area contributed by atoms with Crippen LogP contribution in [0.3, 0.4) is 0 Å². The zero-order chi connectivity index (χ0) is 19.3. The fourth-order valence-electron chi connectivity index (χ4n) is 4.16. The largest absolute Gasteiger partial charge is 0.348 e. The fourth-order valence-corrected chi connectivity index (χ4v) is 4.16. The lowest BCUT2D eigenvalue weighted by Gasteiger charge is -2.34. The third-order valence-corrected chi connectivity index (χ3v) is 5.82. The van der Waals surface area contributed by atoms with Crippen LogP contribution in [0.5, 0.6) is 0 Å². The summed E-state index contributed by atoms with van der Waals surface area (Å²) in [4.78, 5) is 25.5. The molecule has 1 aromatic carbocycles. The van der Waals surface area contributed by atoms with Crippen LogP contribution in [0, 0.1) is 0 Å². The summed E-state index contributed by atoms with van der Waals surface area (Å²) in [5, 5.41) is 3.17. The minimum Gasteiger partial charge on any atom is -0.348 e. The van der Waals surface area contributed by atoms with Gasteiger partial charge >= 0.3 is 0 Å². The van der Waals surface area contributed by atoms with Crippen LogP contribution in [0.25, 0.3) is 0 Å². The standard InChI is InChI=1S/C22H29N5O/c1-17(19-8-7-18-5-2-3-6-20(18)15-19)25-21(28)16-26-11-13-27(14-12-26)22-23-9-4-10-24-22/h4,7-10,15,17H,2-3,5-6,11-14,16H2,1H3,(H,25,28). The van der Waals surface area contributed by atoms with Crippen molar-refractivity contribution in [2.24, 2.45) is 0 Å². The lowest BCUT2D eigenvalue weighted by molar-refractivity contribution is -0.123. The molecule has 1 fully saturated rings. The van der Waals surface area contributed by atoms with E-state index in [4.69, 9.17) is 0 Å². The first kappa shape index (κ1) is 18.9. The highest BCUT2D eigenvalue weighted by Gasteiger charge is 2.21. The summed E-state index contributed by atoms with van der Waals surface area (Å²) in [6.07, 6.45) is 8.46. The quantitative estimate of drug-likeness (QED) is 0.864. The van der Waals surface area contributed by atoms with Gasteiger partial charge in [0.2, 0.25) is 11.9 Å². The number of aromatic nitrogens is 2. The number of rotatable bonds is 5. The number of carbonyl (C=O) groups excluding carboxylic acids is 1. The van der Waals surface area contributed by atoms with Crippen molar-refractivity contribution < 1.29 is 4.79 Å². The molecule has 1 atom stereocenters. The Kier molecular flexibility index (Phi) is 5.86. The summed E-state index contributed by atoms with van der Waals surface area (Å²) < 4.78 is 0. The van der Waals surface area contributed by atoms with Crippen LogP contribution >= 0.6 is 0 Å². The molecule has 0 radical (unpaired) electrons. The van der Waals surface area contributed by atoms with Gasteiger partial charge in [0.15, 0.2) is 0 Å². The van der Waals surface area contributed by atoms with Crippen molar-refractivity contribution in [1.29, 1.82) is 0 Å². The Hall–Kier alpha value is -2.47. The van der Waals surface area contributed by atoms with Gasteiger partial charge in [0.25, 0.3) is 0 Å². The lowest BCUT2D eigenvalue weighted by atomic mass is 9.89. The zero-order valence-electron chi connectivity index (χ0n) is 16.6. The number of hydrogen-bond donors (Lipinski definition) is 1.